The molecule has 159 valence electrons. The van der Waals surface area contributed by atoms with Gasteiger partial charge in [0.25, 0.3) is 0 Å². The molecule has 1 saturated heterocycles. The summed E-state index contributed by atoms with van der Waals surface area (Å²) >= 11 is 0. The Balaban J connectivity index is 2.61. The largest absolute Gasteiger partial charge is 0.330 e. The summed E-state index contributed by atoms with van der Waals surface area (Å²) in [6.07, 6.45) is 11.3. The number of carbonyl (C=O) groups excluding carboxylic acids is 4. The van der Waals surface area contributed by atoms with Crippen LogP contribution >= 0.6 is 0 Å². The summed E-state index contributed by atoms with van der Waals surface area (Å²) in [5.74, 6) is -0.745. The van der Waals surface area contributed by atoms with Crippen molar-refractivity contribution < 1.29 is 19.2 Å². The van der Waals surface area contributed by atoms with Crippen molar-refractivity contribution in [1.82, 2.24) is 4.90 Å². The number of hydrogen-bond donors (Lipinski definition) is 2. The molecule has 2 amide bonds. The van der Waals surface area contributed by atoms with E-state index in [9.17, 15) is 19.2 Å². The Labute approximate surface area is 168 Å². The van der Waals surface area contributed by atoms with E-state index in [4.69, 9.17) is 11.5 Å². The Morgan fingerprint density at radius 3 is 2.36 bits per heavy atom. The van der Waals surface area contributed by atoms with Crippen LogP contribution in [0.5, 0.6) is 0 Å². The number of nitrogens with two attached hydrogens (primary N) is 2. The Morgan fingerprint density at radius 1 is 1.00 bits per heavy atom. The normalized spacial score (nSPS) is 20.3. The number of hydrogen-bond acceptors (Lipinski definition) is 6. The van der Waals surface area contributed by atoms with Gasteiger partial charge in [-0.2, -0.15) is 0 Å². The number of likely N-dealkylation sites (tertiary alicyclic amines) is 1. The molecule has 0 aromatic heterocycles. The summed E-state index contributed by atoms with van der Waals surface area (Å²) in [5, 5.41) is 0. The van der Waals surface area contributed by atoms with Crippen molar-refractivity contribution in [3.05, 3.63) is 0 Å². The van der Waals surface area contributed by atoms with Gasteiger partial charge in [0.15, 0.2) is 12.1 Å². The predicted octanol–water partition coefficient (Wildman–Crippen LogP) is 2.15. The number of imide groups is 1. The van der Waals surface area contributed by atoms with Crippen molar-refractivity contribution in [2.24, 2.45) is 11.5 Å². The minimum absolute atomic E-state index is 0.140. The molecule has 1 fully saturated rings. The number of rotatable bonds is 14. The average molecular weight is 395 g/mol. The zero-order valence-electron chi connectivity index (χ0n) is 17.0. The van der Waals surface area contributed by atoms with Gasteiger partial charge in [-0.25, -0.2) is 0 Å². The fourth-order valence-electron chi connectivity index (χ4n) is 3.63. The van der Waals surface area contributed by atoms with Crippen LogP contribution in [0.3, 0.4) is 0 Å². The maximum absolute atomic E-state index is 12.7. The molecule has 1 rings (SSSR count). The molecule has 0 aromatic rings. The van der Waals surface area contributed by atoms with Crippen molar-refractivity contribution in [2.45, 2.75) is 102 Å². The Hall–Kier alpha value is -1.60. The zero-order chi connectivity index (χ0) is 20.8. The van der Waals surface area contributed by atoms with Gasteiger partial charge in [-0.1, -0.05) is 38.5 Å². The summed E-state index contributed by atoms with van der Waals surface area (Å²) in [7, 11) is 0. The topological polar surface area (TPSA) is 124 Å². The second kappa shape index (κ2) is 14.4. The number of ketones is 1. The minimum atomic E-state index is -0.743. The van der Waals surface area contributed by atoms with Crippen LogP contribution in [-0.2, 0) is 19.2 Å². The molecule has 0 saturated carbocycles. The van der Waals surface area contributed by atoms with Crippen LogP contribution in [0.2, 0.25) is 0 Å². The second-order valence-electron chi connectivity index (χ2n) is 7.62. The molecule has 0 aliphatic carbocycles. The van der Waals surface area contributed by atoms with E-state index in [-0.39, 0.29) is 30.4 Å². The lowest BCUT2D eigenvalue weighted by Crippen LogP contribution is -2.50. The molecule has 4 N–H and O–H groups in total. The third-order valence-corrected chi connectivity index (χ3v) is 5.31. The Bertz CT molecular complexity index is 510. The highest BCUT2D eigenvalue weighted by Gasteiger charge is 2.38. The van der Waals surface area contributed by atoms with Gasteiger partial charge >= 0.3 is 0 Å². The fourth-order valence-corrected chi connectivity index (χ4v) is 3.63. The smallest absolute Gasteiger partial charge is 0.229 e. The molecule has 1 unspecified atom stereocenters. The first kappa shape index (κ1) is 24.4. The monoisotopic (exact) mass is 394 g/mol. The first-order valence-corrected chi connectivity index (χ1v) is 10.7. The zero-order valence-corrected chi connectivity index (χ0v) is 17.0. The number of carbonyl (C=O) groups is 3. The van der Waals surface area contributed by atoms with E-state index in [2.05, 4.69) is 0 Å². The maximum Gasteiger partial charge on any atom is 0.229 e. The van der Waals surface area contributed by atoms with Crippen LogP contribution in [0.25, 0.3) is 0 Å². The first-order chi connectivity index (χ1) is 13.5. The van der Waals surface area contributed by atoms with Crippen molar-refractivity contribution in [1.29, 1.82) is 0 Å². The van der Waals surface area contributed by atoms with Crippen molar-refractivity contribution in [2.75, 3.05) is 6.54 Å². The van der Waals surface area contributed by atoms with E-state index in [1.54, 1.807) is 0 Å². The van der Waals surface area contributed by atoms with Crippen LogP contribution in [0.15, 0.2) is 0 Å². The van der Waals surface area contributed by atoms with Gasteiger partial charge in [0.1, 0.15) is 0 Å². The average Bonchev–Trinajstić information content (AvgIpc) is 2.79. The third kappa shape index (κ3) is 8.61. The minimum Gasteiger partial charge on any atom is -0.330 e. The summed E-state index contributed by atoms with van der Waals surface area (Å²) in [6.45, 7) is 0.679. The Morgan fingerprint density at radius 2 is 1.64 bits per heavy atom. The third-order valence-electron chi connectivity index (χ3n) is 5.31. The van der Waals surface area contributed by atoms with E-state index in [0.717, 1.165) is 51.4 Å². The molecule has 7 heteroatoms. The van der Waals surface area contributed by atoms with E-state index < -0.39 is 12.1 Å². The molecule has 1 heterocycles. The number of Topliss-reactive ketones (excluding diaryl/α,β-unsaturated/α-hetero) is 1. The van der Waals surface area contributed by atoms with E-state index >= 15 is 0 Å². The molecule has 0 aromatic carbocycles. The summed E-state index contributed by atoms with van der Waals surface area (Å²) in [6, 6.07) is -1.43. The lowest BCUT2D eigenvalue weighted by atomic mass is 9.97. The standard InChI is InChI=1S/C21H36N3O4/c22-15-9-5-1-4-8-12-19(26)24-18(11-7-3-2-6-10-16-25)21(28)17(23)13-14-20(24)27/h17-18H,1-15,22-23H2/t17-,18?/m0/s1. The van der Waals surface area contributed by atoms with E-state index in [1.807, 2.05) is 6.29 Å². The highest BCUT2D eigenvalue weighted by molar-refractivity contribution is 6.03. The van der Waals surface area contributed by atoms with Gasteiger partial charge in [0.2, 0.25) is 11.8 Å². The van der Waals surface area contributed by atoms with Crippen molar-refractivity contribution in [3.8, 4) is 0 Å². The molecule has 1 radical (unpaired) electrons. The second-order valence-corrected chi connectivity index (χ2v) is 7.62. The highest BCUT2D eigenvalue weighted by atomic mass is 16.2. The molecule has 1 aliphatic rings. The van der Waals surface area contributed by atoms with Gasteiger partial charge in [-0.3, -0.25) is 24.1 Å². The lowest BCUT2D eigenvalue weighted by molar-refractivity contribution is -0.150. The molecule has 7 nitrogen and oxygen atoms in total. The highest BCUT2D eigenvalue weighted by Crippen LogP contribution is 2.22. The van der Waals surface area contributed by atoms with Gasteiger partial charge in [-0.05, 0) is 38.6 Å². The molecule has 1 aliphatic heterocycles. The quantitative estimate of drug-likeness (QED) is 0.435. The molecular formula is C21H36N3O4. The number of nitrogens with zero attached hydrogens (tertiary/aromatic N) is 1. The Kier molecular flexibility index (Phi) is 12.6. The van der Waals surface area contributed by atoms with E-state index in [0.29, 0.717) is 32.2 Å². The number of amides is 2. The van der Waals surface area contributed by atoms with Crippen molar-refractivity contribution in [3.63, 3.8) is 0 Å². The van der Waals surface area contributed by atoms with Gasteiger partial charge in [0, 0.05) is 19.3 Å². The molecule has 2 atom stereocenters. The predicted molar refractivity (Wildman–Crippen MR) is 108 cm³/mol. The molecule has 0 spiro atoms. The van der Waals surface area contributed by atoms with Gasteiger partial charge in [0.05, 0.1) is 12.1 Å². The summed E-state index contributed by atoms with van der Waals surface area (Å²) in [4.78, 5) is 49.4. The van der Waals surface area contributed by atoms with Crippen LogP contribution in [0.4, 0.5) is 0 Å². The number of unbranched alkanes of at least 4 members (excludes halogenated alkanes) is 8. The lowest BCUT2D eigenvalue weighted by Gasteiger charge is -2.28. The van der Waals surface area contributed by atoms with Crippen LogP contribution in [-0.4, -0.2) is 47.4 Å². The van der Waals surface area contributed by atoms with Crippen LogP contribution in [0.1, 0.15) is 89.9 Å². The molecule has 0 bridgehead atoms. The fraction of sp³-hybridized carbons (Fsp3) is 0.810. The van der Waals surface area contributed by atoms with Gasteiger partial charge in [-0.15, -0.1) is 0 Å². The van der Waals surface area contributed by atoms with Crippen molar-refractivity contribution >= 4 is 23.9 Å². The maximum atomic E-state index is 12.7. The van der Waals surface area contributed by atoms with Crippen LogP contribution < -0.4 is 11.5 Å². The summed E-state index contributed by atoms with van der Waals surface area (Å²) in [5.41, 5.74) is 11.4. The first-order valence-electron chi connectivity index (χ1n) is 10.7. The SMILES string of the molecule is NCCCCCCCC(=O)N1C(=O)CC[C@H](N)C(=O)C1CCCCCC[C]=O. The van der Waals surface area contributed by atoms with Gasteiger partial charge < -0.3 is 11.5 Å². The van der Waals surface area contributed by atoms with E-state index in [1.165, 1.54) is 4.90 Å². The molecule has 28 heavy (non-hydrogen) atoms. The summed E-state index contributed by atoms with van der Waals surface area (Å²) < 4.78 is 0. The van der Waals surface area contributed by atoms with Crippen LogP contribution in [0, 0.1) is 0 Å². The molecular weight excluding hydrogens is 358 g/mol.